The molecule has 0 aliphatic rings. The lowest BCUT2D eigenvalue weighted by molar-refractivity contribution is 0.0362. The normalized spacial score (nSPS) is 10.6. The van der Waals surface area contributed by atoms with E-state index in [1.54, 1.807) is 13.8 Å². The molecule has 0 aliphatic heterocycles. The summed E-state index contributed by atoms with van der Waals surface area (Å²) in [6, 6.07) is 14.0. The van der Waals surface area contributed by atoms with E-state index in [1.165, 1.54) is 74.9 Å². The monoisotopic (exact) mass is 644 g/mol. The Morgan fingerprint density at radius 1 is 0.511 bits per heavy atom. The maximum absolute atomic E-state index is 12.7. The van der Waals surface area contributed by atoms with E-state index >= 15 is 0 Å². The van der Waals surface area contributed by atoms with Gasteiger partial charge in [0.15, 0.2) is 6.73 Å². The highest BCUT2D eigenvalue weighted by atomic mass is 16.5. The molecular weight excluding hydrogens is 616 g/mol. The summed E-state index contributed by atoms with van der Waals surface area (Å²) in [7, 11) is 2.54. The molecule has 0 spiro atoms. The molecule has 5 aromatic rings. The maximum Gasteiger partial charge on any atom is 0.339 e. The Morgan fingerprint density at radius 3 is 1.15 bits per heavy atom. The van der Waals surface area contributed by atoms with Crippen molar-refractivity contribution in [1.82, 2.24) is 9.13 Å². The number of rotatable bonds is 8. The number of nitrogens with zero attached hydrogens (tertiary/aromatic N) is 2. The molecule has 0 N–H and O–H groups in total. The van der Waals surface area contributed by atoms with Crippen molar-refractivity contribution in [1.29, 1.82) is 0 Å². The first-order valence-electron chi connectivity index (χ1n) is 14.1. The summed E-state index contributed by atoms with van der Waals surface area (Å²) in [4.78, 5) is 96.2. The number of carbonyl (C=O) groups is 4. The smallest absolute Gasteiger partial charge is 0.339 e. The van der Waals surface area contributed by atoms with E-state index in [0.717, 1.165) is 4.57 Å². The molecule has 242 valence electrons. The Bertz CT molecular complexity index is 2120. The molecule has 14 heteroatoms. The SMILES string of the molecule is CCOC(=O)c1ccc(C(=O)OC)cc1.CCn1c(=O)c2cc3c(=O)n(COC(=O)c4ccc(C(=O)OC)cc4)c(=O)c3cc2c1=O. The molecule has 3 aromatic carbocycles. The Kier molecular flexibility index (Phi) is 10.2. The largest absolute Gasteiger partial charge is 0.465 e. The quantitative estimate of drug-likeness (QED) is 0.178. The summed E-state index contributed by atoms with van der Waals surface area (Å²) in [6.07, 6.45) is 0. The first-order chi connectivity index (χ1) is 22.5. The van der Waals surface area contributed by atoms with Crippen LogP contribution in [0.1, 0.15) is 55.3 Å². The van der Waals surface area contributed by atoms with Gasteiger partial charge in [-0.3, -0.25) is 23.7 Å². The molecule has 5 rings (SSSR count). The summed E-state index contributed by atoms with van der Waals surface area (Å²) >= 11 is 0. The summed E-state index contributed by atoms with van der Waals surface area (Å²) in [6.45, 7) is 3.22. The molecule has 0 fully saturated rings. The minimum absolute atomic E-state index is 0.0358. The van der Waals surface area contributed by atoms with Crippen molar-refractivity contribution in [2.24, 2.45) is 0 Å². The number of benzene rings is 3. The van der Waals surface area contributed by atoms with E-state index in [-0.39, 0.29) is 39.2 Å². The Balaban J connectivity index is 0.000000280. The number of aromatic nitrogens is 2. The zero-order valence-electron chi connectivity index (χ0n) is 25.7. The van der Waals surface area contributed by atoms with Crippen molar-refractivity contribution in [3.05, 3.63) is 124 Å². The maximum atomic E-state index is 12.7. The van der Waals surface area contributed by atoms with E-state index in [2.05, 4.69) is 9.47 Å². The molecule has 14 nitrogen and oxygen atoms in total. The first kappa shape index (κ1) is 33.7. The second-order valence-electron chi connectivity index (χ2n) is 9.76. The zero-order chi connectivity index (χ0) is 34.4. The van der Waals surface area contributed by atoms with E-state index in [1.807, 2.05) is 0 Å². The second kappa shape index (κ2) is 14.3. The molecule has 0 saturated carbocycles. The molecule has 0 atom stereocenters. The highest BCUT2D eigenvalue weighted by Gasteiger charge is 2.20. The van der Waals surface area contributed by atoms with Crippen molar-refractivity contribution in [3.63, 3.8) is 0 Å². The lowest BCUT2D eigenvalue weighted by Gasteiger charge is -2.05. The molecule has 2 aromatic heterocycles. The highest BCUT2D eigenvalue weighted by molar-refractivity contribution is 5.98. The predicted molar refractivity (Wildman–Crippen MR) is 167 cm³/mol. The number of esters is 4. The number of fused-ring (bicyclic) bond motifs is 2. The van der Waals surface area contributed by atoms with Gasteiger partial charge < -0.3 is 18.9 Å². The first-order valence-corrected chi connectivity index (χ1v) is 14.1. The average Bonchev–Trinajstić information content (AvgIpc) is 3.48. The van der Waals surface area contributed by atoms with Crippen LogP contribution >= 0.6 is 0 Å². The van der Waals surface area contributed by atoms with Crippen molar-refractivity contribution < 1.29 is 38.1 Å². The van der Waals surface area contributed by atoms with Gasteiger partial charge in [0.2, 0.25) is 0 Å². The predicted octanol–water partition coefficient (Wildman–Crippen LogP) is 2.18. The fourth-order valence-corrected chi connectivity index (χ4v) is 4.62. The van der Waals surface area contributed by atoms with Gasteiger partial charge in [-0.2, -0.15) is 0 Å². The van der Waals surface area contributed by atoms with Crippen LogP contribution in [0.2, 0.25) is 0 Å². The van der Waals surface area contributed by atoms with E-state index in [0.29, 0.717) is 22.3 Å². The number of hydrogen-bond donors (Lipinski definition) is 0. The van der Waals surface area contributed by atoms with E-state index in [4.69, 9.17) is 9.47 Å². The molecule has 0 amide bonds. The lowest BCUT2D eigenvalue weighted by atomic mass is 10.1. The van der Waals surface area contributed by atoms with Crippen LogP contribution in [0.4, 0.5) is 0 Å². The Hall–Kier alpha value is -6.18. The van der Waals surface area contributed by atoms with Crippen LogP contribution in [0.3, 0.4) is 0 Å². The molecule has 0 saturated heterocycles. The summed E-state index contributed by atoms with van der Waals surface area (Å²) in [5.41, 5.74) is -1.37. The van der Waals surface area contributed by atoms with Gasteiger partial charge in [-0.1, -0.05) is 0 Å². The topological polar surface area (TPSA) is 183 Å². The van der Waals surface area contributed by atoms with Crippen LogP contribution in [0.15, 0.2) is 79.8 Å². The van der Waals surface area contributed by atoms with Gasteiger partial charge >= 0.3 is 23.9 Å². The van der Waals surface area contributed by atoms with Gasteiger partial charge in [-0.25, -0.2) is 23.7 Å². The van der Waals surface area contributed by atoms with Gasteiger partial charge in [0.1, 0.15) is 0 Å². The number of hydrogen-bond acceptors (Lipinski definition) is 12. The van der Waals surface area contributed by atoms with Crippen molar-refractivity contribution >= 4 is 45.4 Å². The molecule has 0 unspecified atom stereocenters. The number of ether oxygens (including phenoxy) is 4. The van der Waals surface area contributed by atoms with Crippen LogP contribution in [0.5, 0.6) is 0 Å². The van der Waals surface area contributed by atoms with Crippen molar-refractivity contribution in [2.75, 3.05) is 20.8 Å². The van der Waals surface area contributed by atoms with Gasteiger partial charge in [0.05, 0.1) is 64.6 Å². The van der Waals surface area contributed by atoms with Crippen LogP contribution < -0.4 is 22.2 Å². The molecule has 47 heavy (non-hydrogen) atoms. The van der Waals surface area contributed by atoms with E-state index in [9.17, 15) is 38.4 Å². The third-order valence-electron chi connectivity index (χ3n) is 7.06. The van der Waals surface area contributed by atoms with E-state index < -0.39 is 52.8 Å². The third kappa shape index (κ3) is 6.76. The van der Waals surface area contributed by atoms with Gasteiger partial charge in [-0.05, 0) is 74.5 Å². The summed E-state index contributed by atoms with van der Waals surface area (Å²) in [5.74, 6) is -2.20. The standard InChI is InChI=1S/C22H16N2O8.C11H12O4/c1-3-23-17(25)13-8-15-16(9-14(13)18(23)26)20(28)24(19(15)27)10-32-22(30)12-6-4-11(5-7-12)21(29)31-2;1-3-15-11(13)9-6-4-8(5-7-9)10(12)14-2/h4-9H,3,10H2,1-2H3;4-7H,3H2,1-2H3. The minimum atomic E-state index is -0.815. The number of methoxy groups -OCH3 is 2. The molecule has 0 bridgehead atoms. The highest BCUT2D eigenvalue weighted by Crippen LogP contribution is 2.15. The number of carbonyl (C=O) groups excluding carboxylic acids is 4. The fourth-order valence-electron chi connectivity index (χ4n) is 4.62. The van der Waals surface area contributed by atoms with Crippen LogP contribution in [-0.2, 0) is 32.2 Å². The van der Waals surface area contributed by atoms with Gasteiger partial charge in [0.25, 0.3) is 22.2 Å². The Labute approximate surface area is 265 Å². The summed E-state index contributed by atoms with van der Waals surface area (Å²) in [5, 5.41) is 0.0419. The second-order valence-corrected chi connectivity index (χ2v) is 9.76. The zero-order valence-corrected chi connectivity index (χ0v) is 25.7. The lowest BCUT2D eigenvalue weighted by Crippen LogP contribution is -2.28. The molecule has 0 radical (unpaired) electrons. The molecular formula is C33H28N2O12. The van der Waals surface area contributed by atoms with Crippen LogP contribution in [0.25, 0.3) is 21.5 Å². The molecule has 0 aliphatic carbocycles. The van der Waals surface area contributed by atoms with Gasteiger partial charge in [0, 0.05) is 6.54 Å². The van der Waals surface area contributed by atoms with Crippen LogP contribution in [-0.4, -0.2) is 53.8 Å². The fraction of sp³-hybridized carbons (Fsp3) is 0.212. The third-order valence-corrected chi connectivity index (χ3v) is 7.06. The Morgan fingerprint density at radius 2 is 0.830 bits per heavy atom. The van der Waals surface area contributed by atoms with Crippen molar-refractivity contribution in [2.45, 2.75) is 27.1 Å². The average molecular weight is 645 g/mol. The minimum Gasteiger partial charge on any atom is -0.465 e. The van der Waals surface area contributed by atoms with Gasteiger partial charge in [-0.15, -0.1) is 0 Å². The summed E-state index contributed by atoms with van der Waals surface area (Å²) < 4.78 is 20.7. The van der Waals surface area contributed by atoms with Crippen molar-refractivity contribution in [3.8, 4) is 0 Å². The molecule has 2 heterocycles. The van der Waals surface area contributed by atoms with Crippen LogP contribution in [0, 0.1) is 0 Å².